The van der Waals surface area contributed by atoms with Crippen molar-refractivity contribution in [3.63, 3.8) is 0 Å². The van der Waals surface area contributed by atoms with E-state index in [0.717, 1.165) is 40.6 Å². The molecule has 0 bridgehead atoms. The Morgan fingerprint density at radius 1 is 1.10 bits per heavy atom. The Morgan fingerprint density at radius 2 is 1.93 bits per heavy atom. The first-order valence-corrected chi connectivity index (χ1v) is 9.72. The molecule has 1 saturated carbocycles. The zero-order valence-electron chi connectivity index (χ0n) is 16.0. The molecule has 5 rings (SSSR count). The molecule has 0 amide bonds. The Kier molecular flexibility index (Phi) is 5.80. The van der Waals surface area contributed by atoms with Gasteiger partial charge in [-0.25, -0.2) is 9.78 Å². The number of pyridine rings is 1. The third-order valence-corrected chi connectivity index (χ3v) is 5.67. The minimum atomic E-state index is -0.934. The normalized spacial score (nSPS) is 14.8. The summed E-state index contributed by atoms with van der Waals surface area (Å²) in [6.45, 7) is 0. The van der Waals surface area contributed by atoms with E-state index in [2.05, 4.69) is 21.7 Å². The summed E-state index contributed by atoms with van der Waals surface area (Å²) in [7, 11) is 0. The fourth-order valence-electron chi connectivity index (χ4n) is 4.27. The van der Waals surface area contributed by atoms with Crippen LogP contribution in [0, 0.1) is 6.07 Å². The second kappa shape index (κ2) is 8.33. The number of nitrogens with zero attached hydrogens (tertiary/aromatic N) is 3. The molecule has 1 fully saturated rings. The molecule has 0 atom stereocenters. The number of imidazole rings is 1. The van der Waals surface area contributed by atoms with E-state index in [1.807, 2.05) is 30.5 Å². The summed E-state index contributed by atoms with van der Waals surface area (Å²) in [6, 6.07) is 16.6. The molecule has 2 aromatic heterocycles. The van der Waals surface area contributed by atoms with Crippen LogP contribution in [0.1, 0.15) is 48.5 Å². The van der Waals surface area contributed by atoms with Gasteiger partial charge in [-0.2, -0.15) is 24.3 Å². The third-order valence-electron chi connectivity index (χ3n) is 5.67. The van der Waals surface area contributed by atoms with Crippen molar-refractivity contribution in [3.8, 4) is 11.5 Å². The van der Waals surface area contributed by atoms with Crippen molar-refractivity contribution in [2.75, 3.05) is 0 Å². The number of aromatic nitrogens is 3. The first kappa shape index (κ1) is 20.2. The van der Waals surface area contributed by atoms with Crippen LogP contribution < -0.4 is 0 Å². The maximum Gasteiger partial charge on any atom is 0.335 e. The van der Waals surface area contributed by atoms with Crippen LogP contribution in [-0.2, 0) is 32.7 Å². The molecular formula is C23H20N3O2Y-. The van der Waals surface area contributed by atoms with Gasteiger partial charge in [-0.3, -0.25) is 4.98 Å². The minimum Gasteiger partial charge on any atom is -0.478 e. The number of benzene rings is 2. The fourth-order valence-corrected chi connectivity index (χ4v) is 4.27. The fraction of sp³-hybridized carbons (Fsp3) is 0.261. The van der Waals surface area contributed by atoms with E-state index in [4.69, 9.17) is 4.98 Å². The monoisotopic (exact) mass is 459 g/mol. The van der Waals surface area contributed by atoms with Gasteiger partial charge >= 0.3 is 5.97 Å². The Balaban J connectivity index is 0.00000205. The molecule has 0 saturated heterocycles. The number of carbonyl (C=O) groups is 1. The first-order chi connectivity index (χ1) is 13.7. The molecule has 5 nitrogen and oxygen atoms in total. The van der Waals surface area contributed by atoms with Gasteiger partial charge in [-0.15, -0.1) is 10.8 Å². The van der Waals surface area contributed by atoms with E-state index in [9.17, 15) is 9.90 Å². The number of rotatable bonds is 3. The quantitative estimate of drug-likeness (QED) is 0.425. The Labute approximate surface area is 194 Å². The Hall–Kier alpha value is -2.11. The van der Waals surface area contributed by atoms with Crippen LogP contribution in [0.5, 0.6) is 0 Å². The van der Waals surface area contributed by atoms with Crippen molar-refractivity contribution in [2.45, 2.75) is 38.1 Å². The van der Waals surface area contributed by atoms with Crippen molar-refractivity contribution in [1.29, 1.82) is 0 Å². The second-order valence-corrected chi connectivity index (χ2v) is 7.45. The number of hydrogen-bond donors (Lipinski definition) is 1. The molecule has 6 heteroatoms. The van der Waals surface area contributed by atoms with Crippen LogP contribution in [0.15, 0.2) is 48.7 Å². The summed E-state index contributed by atoms with van der Waals surface area (Å²) < 4.78 is 2.28. The largest absolute Gasteiger partial charge is 0.478 e. The first-order valence-electron chi connectivity index (χ1n) is 9.72. The molecule has 1 aliphatic carbocycles. The topological polar surface area (TPSA) is 68.0 Å². The van der Waals surface area contributed by atoms with Gasteiger partial charge in [0.25, 0.3) is 0 Å². The molecule has 1 radical (unpaired) electrons. The van der Waals surface area contributed by atoms with Crippen LogP contribution in [0.4, 0.5) is 0 Å². The van der Waals surface area contributed by atoms with Crippen LogP contribution in [-0.4, -0.2) is 25.6 Å². The van der Waals surface area contributed by atoms with E-state index in [-0.39, 0.29) is 38.3 Å². The van der Waals surface area contributed by atoms with E-state index >= 15 is 0 Å². The van der Waals surface area contributed by atoms with Crippen molar-refractivity contribution >= 4 is 27.8 Å². The molecular weight excluding hydrogens is 439 g/mol. The summed E-state index contributed by atoms with van der Waals surface area (Å²) in [6.07, 6.45) is 7.76. The van der Waals surface area contributed by atoms with E-state index in [1.54, 1.807) is 12.1 Å². The SMILES string of the molecule is O=C(O)c1ccc2c(c1)nc(-c1cc3cc[c-]cc3cn1)n2C1CCCCC1.[Y]. The van der Waals surface area contributed by atoms with Crippen molar-refractivity contribution in [3.05, 3.63) is 60.3 Å². The van der Waals surface area contributed by atoms with Gasteiger partial charge in [0.15, 0.2) is 5.82 Å². The minimum absolute atomic E-state index is 0. The smallest absolute Gasteiger partial charge is 0.335 e. The molecule has 29 heavy (non-hydrogen) atoms. The maximum absolute atomic E-state index is 11.4. The number of carboxylic acid groups (broad SMARTS) is 1. The Bertz CT molecular complexity index is 1200. The summed E-state index contributed by atoms with van der Waals surface area (Å²) >= 11 is 0. The van der Waals surface area contributed by atoms with Crippen molar-refractivity contribution in [1.82, 2.24) is 14.5 Å². The second-order valence-electron chi connectivity index (χ2n) is 7.45. The van der Waals surface area contributed by atoms with E-state index in [0.29, 0.717) is 11.6 Å². The van der Waals surface area contributed by atoms with Gasteiger partial charge in [-0.1, -0.05) is 19.3 Å². The van der Waals surface area contributed by atoms with Gasteiger partial charge in [0, 0.05) is 38.8 Å². The van der Waals surface area contributed by atoms with Crippen LogP contribution >= 0.6 is 0 Å². The molecule has 4 aromatic rings. The van der Waals surface area contributed by atoms with Crippen LogP contribution in [0.2, 0.25) is 0 Å². The summed E-state index contributed by atoms with van der Waals surface area (Å²) in [5.74, 6) is -0.116. The average Bonchev–Trinajstić information content (AvgIpc) is 3.12. The molecule has 0 aliphatic heterocycles. The number of carboxylic acids is 1. The van der Waals surface area contributed by atoms with Gasteiger partial charge < -0.3 is 9.67 Å². The zero-order valence-corrected chi connectivity index (χ0v) is 18.8. The molecule has 143 valence electrons. The standard InChI is InChI=1S/C23H20N3O2.Y/c27-23(28)16-10-11-21-19(13-16)25-22(26(21)18-8-2-1-3-9-18)20-12-15-6-4-5-7-17(15)14-24-20;/h4,6-7,10-14,18H,1-3,8-9H2,(H,27,28);/q-1;. The molecule has 1 N–H and O–H groups in total. The average molecular weight is 459 g/mol. The zero-order chi connectivity index (χ0) is 19.1. The number of fused-ring (bicyclic) bond motifs is 2. The van der Waals surface area contributed by atoms with Crippen molar-refractivity contribution in [2.24, 2.45) is 0 Å². The van der Waals surface area contributed by atoms with Crippen LogP contribution in [0.3, 0.4) is 0 Å². The Morgan fingerprint density at radius 3 is 2.72 bits per heavy atom. The summed E-state index contributed by atoms with van der Waals surface area (Å²) in [4.78, 5) is 20.9. The summed E-state index contributed by atoms with van der Waals surface area (Å²) in [5, 5.41) is 11.5. The molecule has 2 aromatic carbocycles. The van der Waals surface area contributed by atoms with Gasteiger partial charge in [0.1, 0.15) is 5.69 Å². The predicted molar refractivity (Wildman–Crippen MR) is 108 cm³/mol. The third kappa shape index (κ3) is 3.74. The van der Waals surface area contributed by atoms with E-state index in [1.165, 1.54) is 19.3 Å². The molecule has 0 spiro atoms. The maximum atomic E-state index is 11.4. The summed E-state index contributed by atoms with van der Waals surface area (Å²) in [5.41, 5.74) is 2.77. The van der Waals surface area contributed by atoms with Gasteiger partial charge in [0.05, 0.1) is 16.6 Å². The number of aromatic carboxylic acids is 1. The predicted octanol–water partition coefficient (Wildman–Crippen LogP) is 5.25. The molecule has 2 heterocycles. The molecule has 1 aliphatic rings. The number of hydrogen-bond acceptors (Lipinski definition) is 3. The molecule has 0 unspecified atom stereocenters. The van der Waals surface area contributed by atoms with E-state index < -0.39 is 5.97 Å². The van der Waals surface area contributed by atoms with Crippen molar-refractivity contribution < 1.29 is 42.6 Å². The van der Waals surface area contributed by atoms with Gasteiger partial charge in [0.2, 0.25) is 0 Å². The van der Waals surface area contributed by atoms with Gasteiger partial charge in [-0.05, 0) is 43.3 Å². The van der Waals surface area contributed by atoms with Crippen LogP contribution in [0.25, 0.3) is 33.3 Å².